The number of hydrogen-bond acceptors (Lipinski definition) is 10. The molecule has 1 unspecified atom stereocenters. The zero-order chi connectivity index (χ0) is 46.0. The molecule has 0 aliphatic carbocycles. The van der Waals surface area contributed by atoms with Crippen molar-refractivity contribution in [2.45, 2.75) is 251 Å². The van der Waals surface area contributed by atoms with E-state index in [9.17, 15) is 34.2 Å². The van der Waals surface area contributed by atoms with E-state index in [1.807, 2.05) is 0 Å². The quantitative estimate of drug-likeness (QED) is 0.0288. The van der Waals surface area contributed by atoms with Crippen LogP contribution in [0.2, 0.25) is 0 Å². The molecule has 0 aromatic heterocycles. The van der Waals surface area contributed by atoms with Crippen molar-refractivity contribution >= 4 is 30.1 Å². The van der Waals surface area contributed by atoms with Gasteiger partial charge in [0.15, 0.2) is 0 Å². The summed E-state index contributed by atoms with van der Waals surface area (Å²) in [4.78, 5) is 58.9. The van der Waals surface area contributed by atoms with Crippen molar-refractivity contribution in [1.29, 1.82) is 0 Å². The molecular formula is C51H86CuN2O9. The van der Waals surface area contributed by atoms with Crippen LogP contribution in [-0.2, 0) is 36.2 Å². The Hall–Kier alpha value is -3.29. The van der Waals surface area contributed by atoms with Crippen LogP contribution in [0.4, 0.5) is 0 Å². The maximum absolute atomic E-state index is 11.1. The molecule has 0 saturated carbocycles. The molecule has 0 amide bonds. The first kappa shape index (κ1) is 64.0. The van der Waals surface area contributed by atoms with E-state index in [1.165, 1.54) is 191 Å². The van der Waals surface area contributed by atoms with E-state index in [0.29, 0.717) is 19.4 Å². The minimum absolute atomic E-state index is 0. The molecule has 0 bridgehead atoms. The van der Waals surface area contributed by atoms with Crippen molar-refractivity contribution < 1.29 is 61.1 Å². The smallest absolute Gasteiger partial charge is 0.550 e. The Kier molecular flexibility index (Phi) is 53.9. The number of nitrogens with zero attached hydrogens (tertiary/aromatic N) is 2. The second kappa shape index (κ2) is 53.1. The summed E-state index contributed by atoms with van der Waals surface area (Å²) in [6, 6.07) is 6.15. The number of carbonyl (C=O) groups excluding carboxylic acids is 4. The standard InChI is InChI=1S/2C18H36O2.C15H16N2O5.Cu/c2*1-2-3-4-5-6-7-8-9-10-11-12-13-14-15-16-17-18(19)20;18-10-16-9-5-1-2-8-14(17-11-19)22-13-7-4-3-6-12(13)15(20)21;/h2*2-17H2,1H3,(H,19,20);3-4,6-7,14H,1-2,5,8-9H2,(H,20,21);/q;;;+2/p-2. The molecule has 0 fully saturated rings. The fraction of sp³-hybridized carbons (Fsp3) is 0.784. The van der Waals surface area contributed by atoms with Crippen LogP contribution in [0.15, 0.2) is 34.3 Å². The first-order chi connectivity index (χ1) is 30.2. The van der Waals surface area contributed by atoms with Gasteiger partial charge < -0.3 is 29.6 Å². The van der Waals surface area contributed by atoms with E-state index in [1.54, 1.807) is 12.1 Å². The number of ether oxygens (including phenoxy) is 1. The normalized spacial score (nSPS) is 10.7. The molecule has 11 nitrogen and oxygen atoms in total. The van der Waals surface area contributed by atoms with Gasteiger partial charge in [-0.05, 0) is 50.7 Å². The zero-order valence-electron chi connectivity index (χ0n) is 39.5. The number of rotatable bonds is 42. The van der Waals surface area contributed by atoms with Crippen molar-refractivity contribution in [3.63, 3.8) is 0 Å². The molecule has 1 aromatic carbocycles. The summed E-state index contributed by atoms with van der Waals surface area (Å²) in [5, 5.41) is 29.5. The molecule has 0 saturated heterocycles. The topological polar surface area (TPSA) is 186 Å². The Morgan fingerprint density at radius 1 is 0.540 bits per heavy atom. The van der Waals surface area contributed by atoms with Gasteiger partial charge in [-0.25, -0.2) is 19.4 Å². The zero-order valence-corrected chi connectivity index (χ0v) is 40.4. The molecule has 0 aliphatic rings. The third kappa shape index (κ3) is 51.2. The number of isocyanates is 2. The van der Waals surface area contributed by atoms with Crippen molar-refractivity contribution in [1.82, 2.24) is 0 Å². The van der Waals surface area contributed by atoms with Gasteiger partial charge in [0, 0.05) is 18.4 Å². The van der Waals surface area contributed by atoms with Gasteiger partial charge in [-0.15, -0.1) is 0 Å². The average molecular weight is 935 g/mol. The third-order valence-electron chi connectivity index (χ3n) is 10.8. The van der Waals surface area contributed by atoms with Crippen molar-refractivity contribution in [2.24, 2.45) is 9.98 Å². The van der Waals surface area contributed by atoms with Crippen LogP contribution >= 0.6 is 0 Å². The van der Waals surface area contributed by atoms with E-state index < -0.39 is 24.1 Å². The van der Waals surface area contributed by atoms with Crippen LogP contribution in [0.3, 0.4) is 0 Å². The number of aromatic carboxylic acids is 1. The predicted octanol–water partition coefficient (Wildman–Crippen LogP) is 12.3. The van der Waals surface area contributed by atoms with Crippen LogP contribution in [0.5, 0.6) is 5.75 Å². The molecule has 1 radical (unpaired) electrons. The van der Waals surface area contributed by atoms with Crippen LogP contribution in [0.1, 0.15) is 255 Å². The second-order valence-electron chi connectivity index (χ2n) is 16.6. The second-order valence-corrected chi connectivity index (χ2v) is 16.6. The van der Waals surface area contributed by atoms with Gasteiger partial charge in [0.2, 0.25) is 18.4 Å². The van der Waals surface area contributed by atoms with Crippen LogP contribution < -0.4 is 14.9 Å². The fourth-order valence-electron chi connectivity index (χ4n) is 7.11. The summed E-state index contributed by atoms with van der Waals surface area (Å²) in [5.41, 5.74) is 0.00826. The van der Waals surface area contributed by atoms with E-state index >= 15 is 0 Å². The third-order valence-corrected chi connectivity index (χ3v) is 10.8. The summed E-state index contributed by atoms with van der Waals surface area (Å²) in [6.07, 6.45) is 44.5. The van der Waals surface area contributed by atoms with E-state index in [4.69, 9.17) is 9.84 Å². The van der Waals surface area contributed by atoms with E-state index in [2.05, 4.69) is 23.8 Å². The summed E-state index contributed by atoms with van der Waals surface area (Å²) >= 11 is 0. The number of para-hydroxylation sites is 1. The molecule has 0 aliphatic heterocycles. The van der Waals surface area contributed by atoms with Gasteiger partial charge in [-0.1, -0.05) is 212 Å². The number of aliphatic imine (C=N–C) groups is 2. The number of carboxylic acids is 3. The van der Waals surface area contributed by atoms with E-state index in [0.717, 1.165) is 38.5 Å². The number of carboxylic acid groups (broad SMARTS) is 3. The monoisotopic (exact) mass is 934 g/mol. The van der Waals surface area contributed by atoms with Crippen LogP contribution in [0, 0.1) is 0 Å². The first-order valence-electron chi connectivity index (χ1n) is 24.7. The summed E-state index contributed by atoms with van der Waals surface area (Å²) < 4.78 is 5.48. The molecule has 12 heteroatoms. The largest absolute Gasteiger partial charge is 2.00 e. The molecule has 1 aromatic rings. The maximum atomic E-state index is 11.1. The van der Waals surface area contributed by atoms with Gasteiger partial charge in [0.1, 0.15) is 11.3 Å². The first-order valence-corrected chi connectivity index (χ1v) is 24.7. The molecular weight excluding hydrogens is 848 g/mol. The van der Waals surface area contributed by atoms with Crippen LogP contribution in [0.25, 0.3) is 0 Å². The van der Waals surface area contributed by atoms with Crippen LogP contribution in [-0.4, -0.2) is 47.9 Å². The maximum Gasteiger partial charge on any atom is 2.00 e. The minimum Gasteiger partial charge on any atom is -0.550 e. The van der Waals surface area contributed by atoms with Crippen molar-refractivity contribution in [2.75, 3.05) is 6.54 Å². The number of benzene rings is 1. The molecule has 365 valence electrons. The average Bonchev–Trinajstić information content (AvgIpc) is 3.25. The molecule has 63 heavy (non-hydrogen) atoms. The Morgan fingerprint density at radius 2 is 0.889 bits per heavy atom. The molecule has 1 rings (SSSR count). The SMILES string of the molecule is CCCCCCCCCCCCCCCCCC(=O)[O-].CCCCCCCCCCCCCCCCCC(=O)[O-].O=C=NCCCCCC(N=C=O)Oc1ccccc1C(=O)O.[Cu+2]. The molecule has 1 atom stereocenters. The summed E-state index contributed by atoms with van der Waals surface area (Å²) in [6.45, 7) is 4.94. The number of hydrogen-bond donors (Lipinski definition) is 1. The fourth-order valence-corrected chi connectivity index (χ4v) is 7.11. The molecule has 0 heterocycles. The van der Waals surface area contributed by atoms with Gasteiger partial charge >= 0.3 is 23.0 Å². The number of carbonyl (C=O) groups is 3. The van der Waals surface area contributed by atoms with E-state index in [-0.39, 0.29) is 41.2 Å². The van der Waals surface area contributed by atoms with Gasteiger partial charge in [-0.3, -0.25) is 0 Å². The Balaban J connectivity index is -0.000000852. The predicted molar refractivity (Wildman–Crippen MR) is 247 cm³/mol. The van der Waals surface area contributed by atoms with Crippen molar-refractivity contribution in [3.8, 4) is 5.75 Å². The Morgan fingerprint density at radius 3 is 1.22 bits per heavy atom. The van der Waals surface area contributed by atoms with Gasteiger partial charge in [-0.2, -0.15) is 4.99 Å². The minimum atomic E-state index is -1.11. The molecule has 0 spiro atoms. The summed E-state index contributed by atoms with van der Waals surface area (Å²) in [7, 11) is 0. The van der Waals surface area contributed by atoms with Gasteiger partial charge in [0.05, 0.1) is 6.54 Å². The Bertz CT molecular complexity index is 1240. The number of aliphatic carboxylic acids is 2. The molecule has 1 N–H and O–H groups in total. The van der Waals surface area contributed by atoms with Gasteiger partial charge in [0.25, 0.3) is 0 Å². The summed E-state index contributed by atoms with van der Waals surface area (Å²) in [5.74, 6) is -2.76. The Labute approximate surface area is 393 Å². The van der Waals surface area contributed by atoms with Crippen molar-refractivity contribution in [3.05, 3.63) is 29.8 Å². The number of unbranched alkanes of at least 4 members (excludes halogenated alkanes) is 30.